The highest BCUT2D eigenvalue weighted by Crippen LogP contribution is 2.23. The van der Waals surface area contributed by atoms with E-state index in [1.165, 1.54) is 6.33 Å². The molecule has 3 heterocycles. The molecule has 0 radical (unpaired) electrons. The van der Waals surface area contributed by atoms with Crippen LogP contribution in [0.5, 0.6) is 0 Å². The Kier molecular flexibility index (Phi) is 4.98. The van der Waals surface area contributed by atoms with Crippen LogP contribution in [0.3, 0.4) is 0 Å². The van der Waals surface area contributed by atoms with Crippen molar-refractivity contribution < 1.29 is 13.3 Å². The van der Waals surface area contributed by atoms with E-state index in [1.807, 2.05) is 11.8 Å². The topological polar surface area (TPSA) is 80.0 Å². The molecule has 2 atom stereocenters. The lowest BCUT2D eigenvalue weighted by Crippen LogP contribution is -2.35. The molecule has 0 unspecified atom stereocenters. The van der Waals surface area contributed by atoms with Gasteiger partial charge in [0.2, 0.25) is 5.89 Å². The van der Waals surface area contributed by atoms with E-state index in [0.29, 0.717) is 49.9 Å². The Hall–Kier alpha value is -2.16. The Morgan fingerprint density at radius 1 is 1.42 bits per heavy atom. The average Bonchev–Trinajstić information content (AvgIpc) is 3.12. The van der Waals surface area contributed by atoms with Gasteiger partial charge in [0.15, 0.2) is 17.5 Å². The number of aryl methyl sites for hydroxylation is 2. The zero-order chi connectivity index (χ0) is 17.1. The van der Waals surface area contributed by atoms with Crippen LogP contribution in [0.1, 0.15) is 30.8 Å². The zero-order valence-corrected chi connectivity index (χ0v) is 13.7. The molecule has 0 amide bonds. The third-order valence-corrected chi connectivity index (χ3v) is 4.09. The van der Waals surface area contributed by atoms with Crippen LogP contribution in [0.25, 0.3) is 0 Å². The molecule has 0 aliphatic carbocycles. The van der Waals surface area contributed by atoms with E-state index in [-0.39, 0.29) is 11.9 Å². The number of alkyl halides is 1. The number of anilines is 1. The molecular weight excluding hydrogens is 318 g/mol. The number of rotatable bonds is 6. The normalized spacial score (nSPS) is 21.3. The lowest BCUT2D eigenvalue weighted by Gasteiger charge is -2.23. The Morgan fingerprint density at radius 2 is 2.25 bits per heavy atom. The van der Waals surface area contributed by atoms with Crippen molar-refractivity contribution in [1.29, 1.82) is 0 Å². The van der Waals surface area contributed by atoms with E-state index in [4.69, 9.17) is 4.52 Å². The van der Waals surface area contributed by atoms with Crippen LogP contribution in [0.15, 0.2) is 10.9 Å². The Labute approximate surface area is 138 Å². The van der Waals surface area contributed by atoms with Crippen molar-refractivity contribution in [3.8, 4) is 0 Å². The minimum atomic E-state index is -0.925. The summed E-state index contributed by atoms with van der Waals surface area (Å²) in [6, 6.07) is -0.0988. The fourth-order valence-electron chi connectivity index (χ4n) is 2.91. The molecule has 7 nitrogen and oxygen atoms in total. The molecule has 1 saturated heterocycles. The molecule has 0 bridgehead atoms. The van der Waals surface area contributed by atoms with Crippen molar-refractivity contribution in [2.75, 3.05) is 18.4 Å². The first-order valence-corrected chi connectivity index (χ1v) is 7.97. The maximum absolute atomic E-state index is 14.2. The third kappa shape index (κ3) is 3.66. The second-order valence-electron chi connectivity index (χ2n) is 5.86. The van der Waals surface area contributed by atoms with Gasteiger partial charge in [-0.15, -0.1) is 0 Å². The van der Waals surface area contributed by atoms with Crippen LogP contribution in [-0.2, 0) is 13.0 Å². The van der Waals surface area contributed by atoms with E-state index in [9.17, 15) is 8.78 Å². The third-order valence-electron chi connectivity index (χ3n) is 4.09. The number of nitrogens with zero attached hydrogens (tertiary/aromatic N) is 5. The molecule has 0 aromatic carbocycles. The van der Waals surface area contributed by atoms with Crippen LogP contribution in [0, 0.1) is 12.7 Å². The summed E-state index contributed by atoms with van der Waals surface area (Å²) < 4.78 is 32.9. The largest absolute Gasteiger partial charge is 0.366 e. The molecule has 0 spiro atoms. The van der Waals surface area contributed by atoms with Crippen molar-refractivity contribution in [2.24, 2.45) is 0 Å². The van der Waals surface area contributed by atoms with Crippen molar-refractivity contribution in [3.63, 3.8) is 0 Å². The van der Waals surface area contributed by atoms with Crippen molar-refractivity contribution in [3.05, 3.63) is 29.6 Å². The lowest BCUT2D eigenvalue weighted by molar-refractivity contribution is 0.232. The maximum atomic E-state index is 14.2. The van der Waals surface area contributed by atoms with Gasteiger partial charge in [0.1, 0.15) is 12.5 Å². The summed E-state index contributed by atoms with van der Waals surface area (Å²) in [7, 11) is 0. The number of hydrogen-bond acceptors (Lipinski definition) is 7. The zero-order valence-electron chi connectivity index (χ0n) is 13.7. The van der Waals surface area contributed by atoms with Crippen LogP contribution in [-0.4, -0.2) is 50.3 Å². The maximum Gasteiger partial charge on any atom is 0.223 e. The van der Waals surface area contributed by atoms with Crippen LogP contribution < -0.4 is 5.32 Å². The number of hydrogen-bond donors (Lipinski definition) is 1. The number of nitrogens with one attached hydrogen (secondary N) is 1. The predicted molar refractivity (Wildman–Crippen MR) is 82.6 cm³/mol. The highest BCUT2D eigenvalue weighted by Gasteiger charge is 2.33. The molecule has 130 valence electrons. The second-order valence-corrected chi connectivity index (χ2v) is 5.86. The van der Waals surface area contributed by atoms with Gasteiger partial charge in [0, 0.05) is 26.1 Å². The number of aromatic nitrogens is 4. The summed E-state index contributed by atoms with van der Waals surface area (Å²) in [5, 5.41) is 6.81. The van der Waals surface area contributed by atoms with Gasteiger partial charge >= 0.3 is 0 Å². The second kappa shape index (κ2) is 7.16. The summed E-state index contributed by atoms with van der Waals surface area (Å²) >= 11 is 0. The van der Waals surface area contributed by atoms with Gasteiger partial charge in [-0.2, -0.15) is 4.98 Å². The molecule has 2 aromatic heterocycles. The standard InChI is InChI=1S/C15H20F2N6O/c1-3-12-14(17)15(20-8-19-12)18-5-11-4-10(16)6-23(11)7-13-21-9(2)24-22-13/h8,10-11H,3-7H2,1-2H3,(H,18,19,20)/t10-,11-/m0/s1. The van der Waals surface area contributed by atoms with Crippen LogP contribution in [0.2, 0.25) is 0 Å². The summed E-state index contributed by atoms with van der Waals surface area (Å²) in [4.78, 5) is 13.9. The monoisotopic (exact) mass is 338 g/mol. The molecule has 0 saturated carbocycles. The summed E-state index contributed by atoms with van der Waals surface area (Å²) in [6.45, 7) is 4.62. The first kappa shape index (κ1) is 16.7. The lowest BCUT2D eigenvalue weighted by atomic mass is 10.2. The van der Waals surface area contributed by atoms with Crippen LogP contribution in [0.4, 0.5) is 14.6 Å². The van der Waals surface area contributed by atoms with Gasteiger partial charge < -0.3 is 9.84 Å². The molecule has 3 rings (SSSR count). The highest BCUT2D eigenvalue weighted by atomic mass is 19.1. The molecule has 1 aliphatic heterocycles. The quantitative estimate of drug-likeness (QED) is 0.861. The van der Waals surface area contributed by atoms with E-state index >= 15 is 0 Å². The highest BCUT2D eigenvalue weighted by molar-refractivity contribution is 5.37. The molecule has 1 N–H and O–H groups in total. The van der Waals surface area contributed by atoms with Gasteiger partial charge in [-0.1, -0.05) is 12.1 Å². The molecule has 2 aromatic rings. The summed E-state index contributed by atoms with van der Waals surface area (Å²) in [6.07, 6.45) is 1.27. The Bertz CT molecular complexity index is 694. The number of halogens is 2. The van der Waals surface area contributed by atoms with Gasteiger partial charge in [-0.05, 0) is 12.8 Å². The smallest absolute Gasteiger partial charge is 0.223 e. The molecule has 9 heteroatoms. The SMILES string of the molecule is CCc1ncnc(NC[C@@H]2C[C@H](F)CN2Cc2noc(C)n2)c1F. The number of likely N-dealkylation sites (tertiary alicyclic amines) is 1. The van der Waals surface area contributed by atoms with Gasteiger partial charge in [-0.3, -0.25) is 4.90 Å². The fourth-order valence-corrected chi connectivity index (χ4v) is 2.91. The molecule has 1 fully saturated rings. The molecule has 1 aliphatic rings. The Morgan fingerprint density at radius 3 is 2.96 bits per heavy atom. The van der Waals surface area contributed by atoms with Gasteiger partial charge in [-0.25, -0.2) is 18.7 Å². The van der Waals surface area contributed by atoms with Crippen molar-refractivity contribution in [2.45, 2.75) is 45.4 Å². The first-order valence-electron chi connectivity index (χ1n) is 7.97. The van der Waals surface area contributed by atoms with E-state index < -0.39 is 12.0 Å². The predicted octanol–water partition coefficient (Wildman–Crippen LogP) is 1.89. The first-order chi connectivity index (χ1) is 11.6. The average molecular weight is 338 g/mol. The molecule has 24 heavy (non-hydrogen) atoms. The van der Waals surface area contributed by atoms with E-state index in [2.05, 4.69) is 25.4 Å². The van der Waals surface area contributed by atoms with Crippen LogP contribution >= 0.6 is 0 Å². The Balaban J connectivity index is 1.64. The summed E-state index contributed by atoms with van der Waals surface area (Å²) in [5.41, 5.74) is 0.362. The van der Waals surface area contributed by atoms with Gasteiger partial charge in [0.05, 0.1) is 12.2 Å². The fraction of sp³-hybridized carbons (Fsp3) is 0.600. The van der Waals surface area contributed by atoms with E-state index in [1.54, 1.807) is 6.92 Å². The minimum Gasteiger partial charge on any atom is -0.366 e. The minimum absolute atomic E-state index is 0.0988. The summed E-state index contributed by atoms with van der Waals surface area (Å²) in [5.74, 6) is 0.702. The van der Waals surface area contributed by atoms with E-state index in [0.717, 1.165) is 0 Å². The van der Waals surface area contributed by atoms with Crippen molar-refractivity contribution in [1.82, 2.24) is 25.0 Å². The van der Waals surface area contributed by atoms with Crippen molar-refractivity contribution >= 4 is 5.82 Å². The molecular formula is C15H20F2N6O. The van der Waals surface area contributed by atoms with Gasteiger partial charge in [0.25, 0.3) is 0 Å².